The van der Waals surface area contributed by atoms with Gasteiger partial charge in [0.1, 0.15) is 5.75 Å². The first-order valence-corrected chi connectivity index (χ1v) is 9.09. The summed E-state index contributed by atoms with van der Waals surface area (Å²) in [5.74, 6) is 0.419. The van der Waals surface area contributed by atoms with Gasteiger partial charge in [-0.1, -0.05) is 0 Å². The molecule has 0 aliphatic rings. The number of nitrogens with one attached hydrogen (secondary N) is 2. The van der Waals surface area contributed by atoms with E-state index in [-0.39, 0.29) is 17.3 Å². The molecule has 0 aliphatic carbocycles. The van der Waals surface area contributed by atoms with Crippen LogP contribution in [-0.4, -0.2) is 33.5 Å². The number of sulfonamides is 1. The second-order valence-electron chi connectivity index (χ2n) is 5.47. The molecule has 25 heavy (non-hydrogen) atoms. The number of ether oxygens (including phenoxy) is 1. The molecule has 1 heterocycles. The van der Waals surface area contributed by atoms with Crippen molar-refractivity contribution in [1.29, 1.82) is 0 Å². The first-order valence-electron chi connectivity index (χ1n) is 7.61. The molecule has 0 bridgehead atoms. The smallest absolute Gasteiger partial charge is 0.251 e. The fourth-order valence-corrected chi connectivity index (χ4v) is 3.41. The van der Waals surface area contributed by atoms with E-state index >= 15 is 0 Å². The third-order valence-electron chi connectivity index (χ3n) is 3.83. The summed E-state index contributed by atoms with van der Waals surface area (Å²) in [6.45, 7) is 3.75. The molecular formula is C17H21N3O4S. The van der Waals surface area contributed by atoms with Gasteiger partial charge in [-0.3, -0.25) is 9.78 Å². The molecule has 0 radical (unpaired) electrons. The van der Waals surface area contributed by atoms with Gasteiger partial charge in [0.2, 0.25) is 10.0 Å². The van der Waals surface area contributed by atoms with Crippen molar-refractivity contribution in [2.45, 2.75) is 25.3 Å². The number of nitrogens with zero attached hydrogens (tertiary/aromatic N) is 1. The van der Waals surface area contributed by atoms with Gasteiger partial charge in [-0.05, 0) is 38.1 Å². The van der Waals surface area contributed by atoms with Gasteiger partial charge in [0, 0.05) is 29.9 Å². The van der Waals surface area contributed by atoms with E-state index in [1.165, 1.54) is 31.3 Å². The van der Waals surface area contributed by atoms with E-state index in [9.17, 15) is 13.2 Å². The summed E-state index contributed by atoms with van der Waals surface area (Å²) in [5.41, 5.74) is 2.66. The van der Waals surface area contributed by atoms with Gasteiger partial charge in [-0.25, -0.2) is 13.1 Å². The standard InChI is InChI=1S/C17H21N3O4S/c1-11-9-19-15(12(2)16(11)24-4)10-20-25(22,23)14-7-5-13(6-8-14)17(21)18-3/h5-9,20H,10H2,1-4H3,(H,18,21). The normalized spacial score (nSPS) is 11.2. The number of hydrogen-bond acceptors (Lipinski definition) is 5. The van der Waals surface area contributed by atoms with Crippen LogP contribution in [-0.2, 0) is 16.6 Å². The Labute approximate surface area is 147 Å². The van der Waals surface area contributed by atoms with Gasteiger partial charge in [0.15, 0.2) is 0 Å². The summed E-state index contributed by atoms with van der Waals surface area (Å²) >= 11 is 0. The lowest BCUT2D eigenvalue weighted by molar-refractivity contribution is 0.0963. The molecule has 1 aromatic carbocycles. The Morgan fingerprint density at radius 1 is 1.20 bits per heavy atom. The molecule has 0 saturated carbocycles. The Balaban J connectivity index is 2.18. The predicted molar refractivity (Wildman–Crippen MR) is 94.1 cm³/mol. The molecule has 0 aliphatic heterocycles. The molecular weight excluding hydrogens is 342 g/mol. The number of benzene rings is 1. The van der Waals surface area contributed by atoms with Crippen molar-refractivity contribution in [1.82, 2.24) is 15.0 Å². The number of pyridine rings is 1. The van der Waals surface area contributed by atoms with Crippen LogP contribution in [0.1, 0.15) is 27.2 Å². The molecule has 1 aromatic heterocycles. The lowest BCUT2D eigenvalue weighted by Gasteiger charge is -2.13. The zero-order valence-corrected chi connectivity index (χ0v) is 15.4. The van der Waals surface area contributed by atoms with Crippen LogP contribution in [0.3, 0.4) is 0 Å². The maximum atomic E-state index is 12.4. The van der Waals surface area contributed by atoms with E-state index < -0.39 is 10.0 Å². The topological polar surface area (TPSA) is 97.4 Å². The molecule has 0 saturated heterocycles. The number of hydrogen-bond donors (Lipinski definition) is 2. The minimum atomic E-state index is -3.72. The lowest BCUT2D eigenvalue weighted by Crippen LogP contribution is -2.24. The van der Waals surface area contributed by atoms with Crippen LogP contribution in [0.2, 0.25) is 0 Å². The van der Waals surface area contributed by atoms with Gasteiger partial charge < -0.3 is 10.1 Å². The maximum absolute atomic E-state index is 12.4. The summed E-state index contributed by atoms with van der Waals surface area (Å²) in [6.07, 6.45) is 1.65. The summed E-state index contributed by atoms with van der Waals surface area (Å²) in [4.78, 5) is 15.9. The van der Waals surface area contributed by atoms with Crippen LogP contribution < -0.4 is 14.8 Å². The highest BCUT2D eigenvalue weighted by Crippen LogP contribution is 2.24. The number of carbonyl (C=O) groups excluding carboxylic acids is 1. The van der Waals surface area contributed by atoms with Crippen LogP contribution in [0.5, 0.6) is 5.75 Å². The molecule has 7 nitrogen and oxygen atoms in total. The van der Waals surface area contributed by atoms with E-state index in [1.807, 2.05) is 13.8 Å². The van der Waals surface area contributed by atoms with Gasteiger partial charge >= 0.3 is 0 Å². The number of aromatic nitrogens is 1. The molecule has 1 amide bonds. The molecule has 0 atom stereocenters. The Kier molecular flexibility index (Phi) is 5.76. The van der Waals surface area contributed by atoms with E-state index in [0.29, 0.717) is 17.0 Å². The van der Waals surface area contributed by atoms with E-state index in [0.717, 1.165) is 11.1 Å². The Morgan fingerprint density at radius 2 is 1.84 bits per heavy atom. The highest BCUT2D eigenvalue weighted by Gasteiger charge is 2.17. The monoisotopic (exact) mass is 363 g/mol. The van der Waals surface area contributed by atoms with Crippen molar-refractivity contribution >= 4 is 15.9 Å². The molecule has 0 fully saturated rings. The largest absolute Gasteiger partial charge is 0.496 e. The average Bonchev–Trinajstić information content (AvgIpc) is 2.61. The molecule has 134 valence electrons. The number of aryl methyl sites for hydroxylation is 1. The van der Waals surface area contributed by atoms with Crippen molar-refractivity contribution in [3.63, 3.8) is 0 Å². The average molecular weight is 363 g/mol. The molecule has 2 N–H and O–H groups in total. The zero-order valence-electron chi connectivity index (χ0n) is 14.6. The quantitative estimate of drug-likeness (QED) is 0.811. The third-order valence-corrected chi connectivity index (χ3v) is 5.25. The second kappa shape index (κ2) is 7.62. The number of methoxy groups -OCH3 is 1. The van der Waals surface area contributed by atoms with Gasteiger partial charge in [0.25, 0.3) is 5.91 Å². The van der Waals surface area contributed by atoms with Crippen LogP contribution in [0.4, 0.5) is 0 Å². The van der Waals surface area contributed by atoms with Crippen LogP contribution in [0.15, 0.2) is 35.4 Å². The molecule has 8 heteroatoms. The SMILES string of the molecule is CNC(=O)c1ccc(S(=O)(=O)NCc2ncc(C)c(OC)c2C)cc1. The summed E-state index contributed by atoms with van der Waals surface area (Å²) in [5, 5.41) is 2.48. The molecule has 2 rings (SSSR count). The Morgan fingerprint density at radius 3 is 2.40 bits per heavy atom. The van der Waals surface area contributed by atoms with Gasteiger partial charge in [-0.2, -0.15) is 0 Å². The first kappa shape index (κ1) is 18.9. The maximum Gasteiger partial charge on any atom is 0.251 e. The molecule has 2 aromatic rings. The van der Waals surface area contributed by atoms with Crippen molar-refractivity contribution < 1.29 is 17.9 Å². The van der Waals surface area contributed by atoms with Gasteiger partial charge in [-0.15, -0.1) is 0 Å². The summed E-state index contributed by atoms with van der Waals surface area (Å²) in [6, 6.07) is 5.71. The Hall–Kier alpha value is -2.45. The minimum Gasteiger partial charge on any atom is -0.496 e. The van der Waals surface area contributed by atoms with Crippen molar-refractivity contribution in [2.75, 3.05) is 14.2 Å². The van der Waals surface area contributed by atoms with Crippen LogP contribution in [0, 0.1) is 13.8 Å². The number of carbonyl (C=O) groups is 1. The predicted octanol–water partition coefficient (Wildman–Crippen LogP) is 1.55. The van der Waals surface area contributed by atoms with Crippen molar-refractivity contribution in [3.05, 3.63) is 52.8 Å². The third kappa shape index (κ3) is 4.15. The minimum absolute atomic E-state index is 0.0437. The fraction of sp³-hybridized carbons (Fsp3) is 0.294. The lowest BCUT2D eigenvalue weighted by atomic mass is 10.1. The van der Waals surface area contributed by atoms with Gasteiger partial charge in [0.05, 0.1) is 24.2 Å². The zero-order chi connectivity index (χ0) is 18.6. The highest BCUT2D eigenvalue weighted by molar-refractivity contribution is 7.89. The summed E-state index contributed by atoms with van der Waals surface area (Å²) in [7, 11) is -0.636. The number of amides is 1. The highest BCUT2D eigenvalue weighted by atomic mass is 32.2. The summed E-state index contributed by atoms with van der Waals surface area (Å²) < 4.78 is 32.7. The number of rotatable bonds is 6. The first-order chi connectivity index (χ1) is 11.8. The molecule has 0 unspecified atom stereocenters. The van der Waals surface area contributed by atoms with E-state index in [4.69, 9.17) is 4.74 Å². The fourth-order valence-electron chi connectivity index (χ4n) is 2.43. The van der Waals surface area contributed by atoms with Crippen molar-refractivity contribution in [3.8, 4) is 5.75 Å². The molecule has 0 spiro atoms. The Bertz CT molecular complexity index is 878. The van der Waals surface area contributed by atoms with E-state index in [2.05, 4.69) is 15.0 Å². The van der Waals surface area contributed by atoms with Crippen LogP contribution >= 0.6 is 0 Å². The van der Waals surface area contributed by atoms with Crippen molar-refractivity contribution in [2.24, 2.45) is 0 Å². The van der Waals surface area contributed by atoms with Crippen LogP contribution in [0.25, 0.3) is 0 Å². The van der Waals surface area contributed by atoms with E-state index in [1.54, 1.807) is 13.3 Å². The second-order valence-corrected chi connectivity index (χ2v) is 7.24.